The van der Waals surface area contributed by atoms with E-state index in [0.717, 1.165) is 5.56 Å². The van der Waals surface area contributed by atoms with Gasteiger partial charge in [-0.2, -0.15) is 0 Å². The quantitative estimate of drug-likeness (QED) is 0.938. The van der Waals surface area contributed by atoms with E-state index in [2.05, 4.69) is 4.98 Å². The molecule has 3 rings (SSSR count). The Morgan fingerprint density at radius 2 is 2.00 bits per heavy atom. The second-order valence-corrected chi connectivity index (χ2v) is 4.95. The molecule has 1 amide bonds. The average molecular weight is 301 g/mol. The van der Waals surface area contributed by atoms with Crippen molar-refractivity contribution in [1.29, 1.82) is 0 Å². The van der Waals surface area contributed by atoms with E-state index in [4.69, 9.17) is 9.84 Å². The van der Waals surface area contributed by atoms with Crippen LogP contribution in [0.3, 0.4) is 0 Å². The minimum atomic E-state index is -1.06. The van der Waals surface area contributed by atoms with Crippen molar-refractivity contribution in [2.24, 2.45) is 0 Å². The van der Waals surface area contributed by atoms with Crippen LogP contribution in [0.15, 0.2) is 36.5 Å². The SMILES string of the molecule is O=C(O)c1cnc2n1CCCN2C(=O)OCc1ccccc1. The number of hydrogen-bond donors (Lipinski definition) is 1. The zero-order chi connectivity index (χ0) is 15.5. The number of amides is 1. The Kier molecular flexibility index (Phi) is 3.78. The van der Waals surface area contributed by atoms with Crippen LogP contribution < -0.4 is 4.90 Å². The summed E-state index contributed by atoms with van der Waals surface area (Å²) < 4.78 is 6.80. The van der Waals surface area contributed by atoms with Crippen LogP contribution in [0.5, 0.6) is 0 Å². The lowest BCUT2D eigenvalue weighted by Crippen LogP contribution is -2.38. The van der Waals surface area contributed by atoms with Crippen molar-refractivity contribution >= 4 is 18.0 Å². The van der Waals surface area contributed by atoms with E-state index in [1.165, 1.54) is 15.7 Å². The molecule has 0 radical (unpaired) electrons. The van der Waals surface area contributed by atoms with Crippen LogP contribution in [0, 0.1) is 0 Å². The zero-order valence-electron chi connectivity index (χ0n) is 11.8. The minimum absolute atomic E-state index is 0.0792. The van der Waals surface area contributed by atoms with Crippen molar-refractivity contribution in [3.05, 3.63) is 47.8 Å². The fraction of sp³-hybridized carbons (Fsp3) is 0.267. The van der Waals surface area contributed by atoms with E-state index in [1.54, 1.807) is 0 Å². The number of carboxylic acid groups (broad SMARTS) is 1. The first kappa shape index (κ1) is 14.1. The molecule has 114 valence electrons. The Bertz CT molecular complexity index is 696. The molecule has 1 aliphatic rings. The molecule has 1 N–H and O–H groups in total. The van der Waals surface area contributed by atoms with Crippen LogP contribution in [0.4, 0.5) is 10.7 Å². The number of aromatic carboxylic acids is 1. The number of anilines is 1. The second kappa shape index (κ2) is 5.88. The number of nitrogens with zero attached hydrogens (tertiary/aromatic N) is 3. The molecule has 1 aliphatic heterocycles. The van der Waals surface area contributed by atoms with Gasteiger partial charge in [0, 0.05) is 13.1 Å². The molecule has 0 spiro atoms. The first-order chi connectivity index (χ1) is 10.7. The molecule has 0 atom stereocenters. The number of carboxylic acids is 1. The topological polar surface area (TPSA) is 84.7 Å². The molecule has 0 saturated carbocycles. The number of carbonyl (C=O) groups is 2. The van der Waals surface area contributed by atoms with Crippen LogP contribution in [0.1, 0.15) is 22.5 Å². The van der Waals surface area contributed by atoms with Crippen molar-refractivity contribution in [3.63, 3.8) is 0 Å². The highest BCUT2D eigenvalue weighted by Crippen LogP contribution is 2.22. The van der Waals surface area contributed by atoms with Gasteiger partial charge in [0.2, 0.25) is 5.95 Å². The molecule has 0 aliphatic carbocycles. The third-order valence-electron chi connectivity index (χ3n) is 3.48. The second-order valence-electron chi connectivity index (χ2n) is 4.95. The van der Waals surface area contributed by atoms with E-state index in [-0.39, 0.29) is 12.3 Å². The summed E-state index contributed by atoms with van der Waals surface area (Å²) in [6, 6.07) is 9.37. The fourth-order valence-electron chi connectivity index (χ4n) is 2.43. The first-order valence-electron chi connectivity index (χ1n) is 6.94. The Hall–Kier alpha value is -2.83. The molecule has 0 unspecified atom stereocenters. The summed E-state index contributed by atoms with van der Waals surface area (Å²) in [5.41, 5.74) is 0.970. The number of carbonyl (C=O) groups excluding carboxylic acids is 1. The summed E-state index contributed by atoms with van der Waals surface area (Å²) in [6.45, 7) is 1.16. The lowest BCUT2D eigenvalue weighted by atomic mass is 10.2. The van der Waals surface area contributed by atoms with E-state index >= 15 is 0 Å². The number of rotatable bonds is 3. The summed E-state index contributed by atoms with van der Waals surface area (Å²) in [4.78, 5) is 28.8. The highest BCUT2D eigenvalue weighted by atomic mass is 16.6. The Balaban J connectivity index is 1.73. The van der Waals surface area contributed by atoms with Gasteiger partial charge in [0.05, 0.1) is 6.20 Å². The monoisotopic (exact) mass is 301 g/mol. The normalized spacial score (nSPS) is 13.5. The standard InChI is InChI=1S/C15H15N3O4/c19-13(20)12-9-16-14-17(12)7-4-8-18(14)15(21)22-10-11-5-2-1-3-6-11/h1-3,5-6,9H,4,7-8,10H2,(H,19,20). The third kappa shape index (κ3) is 2.65. The number of aromatic nitrogens is 2. The largest absolute Gasteiger partial charge is 0.477 e. The minimum Gasteiger partial charge on any atom is -0.477 e. The fourth-order valence-corrected chi connectivity index (χ4v) is 2.43. The van der Waals surface area contributed by atoms with Gasteiger partial charge < -0.3 is 14.4 Å². The molecule has 7 nitrogen and oxygen atoms in total. The van der Waals surface area contributed by atoms with Gasteiger partial charge in [0.15, 0.2) is 0 Å². The number of hydrogen-bond acceptors (Lipinski definition) is 4. The molecule has 1 aromatic carbocycles. The molecule has 7 heteroatoms. The van der Waals surface area contributed by atoms with Gasteiger partial charge in [0.25, 0.3) is 0 Å². The summed E-state index contributed by atoms with van der Waals surface area (Å²) in [6.07, 6.45) is 1.40. The highest BCUT2D eigenvalue weighted by molar-refractivity contribution is 5.89. The van der Waals surface area contributed by atoms with Gasteiger partial charge in [-0.25, -0.2) is 19.5 Å². The van der Waals surface area contributed by atoms with Gasteiger partial charge in [0.1, 0.15) is 12.3 Å². The average Bonchev–Trinajstić information content (AvgIpc) is 2.97. The summed E-state index contributed by atoms with van der Waals surface area (Å²) in [7, 11) is 0. The lowest BCUT2D eigenvalue weighted by molar-refractivity contribution is 0.0684. The third-order valence-corrected chi connectivity index (χ3v) is 3.48. The van der Waals surface area contributed by atoms with Crippen LogP contribution in [0.25, 0.3) is 0 Å². The van der Waals surface area contributed by atoms with Gasteiger partial charge >= 0.3 is 12.1 Å². The predicted molar refractivity (Wildman–Crippen MR) is 77.8 cm³/mol. The molecule has 0 saturated heterocycles. The summed E-state index contributed by atoms with van der Waals surface area (Å²) in [5, 5.41) is 9.11. The van der Waals surface area contributed by atoms with E-state index in [1.807, 2.05) is 30.3 Å². The number of fused-ring (bicyclic) bond motifs is 1. The molecular weight excluding hydrogens is 286 g/mol. The molecule has 22 heavy (non-hydrogen) atoms. The maximum absolute atomic E-state index is 12.2. The van der Waals surface area contributed by atoms with Crippen molar-refractivity contribution in [2.75, 3.05) is 11.4 Å². The summed E-state index contributed by atoms with van der Waals surface area (Å²) >= 11 is 0. The van der Waals surface area contributed by atoms with E-state index < -0.39 is 12.1 Å². The first-order valence-corrected chi connectivity index (χ1v) is 6.94. The van der Waals surface area contributed by atoms with Crippen molar-refractivity contribution in [1.82, 2.24) is 9.55 Å². The molecular formula is C15H15N3O4. The van der Waals surface area contributed by atoms with Crippen LogP contribution in [-0.4, -0.2) is 33.3 Å². The van der Waals surface area contributed by atoms with Gasteiger partial charge in [-0.3, -0.25) is 0 Å². The molecule has 1 aromatic heterocycles. The molecule has 0 bridgehead atoms. The Labute approximate surface area is 126 Å². The Morgan fingerprint density at radius 1 is 1.23 bits per heavy atom. The van der Waals surface area contributed by atoms with Gasteiger partial charge in [-0.1, -0.05) is 30.3 Å². The lowest BCUT2D eigenvalue weighted by Gasteiger charge is -2.26. The highest BCUT2D eigenvalue weighted by Gasteiger charge is 2.28. The van der Waals surface area contributed by atoms with Crippen LogP contribution >= 0.6 is 0 Å². The van der Waals surface area contributed by atoms with E-state index in [9.17, 15) is 9.59 Å². The molecule has 2 heterocycles. The number of ether oxygens (including phenoxy) is 1. The van der Waals surface area contributed by atoms with Crippen molar-refractivity contribution in [2.45, 2.75) is 19.6 Å². The van der Waals surface area contributed by atoms with Crippen LogP contribution in [-0.2, 0) is 17.9 Å². The maximum atomic E-state index is 12.2. The van der Waals surface area contributed by atoms with Gasteiger partial charge in [-0.05, 0) is 12.0 Å². The maximum Gasteiger partial charge on any atom is 0.416 e. The molecule has 2 aromatic rings. The van der Waals surface area contributed by atoms with Crippen LogP contribution in [0.2, 0.25) is 0 Å². The van der Waals surface area contributed by atoms with E-state index in [0.29, 0.717) is 25.5 Å². The smallest absolute Gasteiger partial charge is 0.416 e. The predicted octanol–water partition coefficient (Wildman–Crippen LogP) is 2.13. The van der Waals surface area contributed by atoms with Gasteiger partial charge in [-0.15, -0.1) is 0 Å². The zero-order valence-corrected chi connectivity index (χ0v) is 11.8. The summed E-state index contributed by atoms with van der Waals surface area (Å²) in [5.74, 6) is -0.736. The van der Waals surface area contributed by atoms with Crippen molar-refractivity contribution in [3.8, 4) is 0 Å². The Morgan fingerprint density at radius 3 is 2.73 bits per heavy atom. The molecule has 0 fully saturated rings. The number of imidazole rings is 1. The number of benzene rings is 1. The van der Waals surface area contributed by atoms with Crippen molar-refractivity contribution < 1.29 is 19.4 Å².